The first kappa shape index (κ1) is 12.9. The molecule has 0 aliphatic carbocycles. The van der Waals surface area contributed by atoms with Crippen molar-refractivity contribution in [3.05, 3.63) is 48.3 Å². The van der Waals surface area contributed by atoms with E-state index in [2.05, 4.69) is 10.3 Å². The highest BCUT2D eigenvalue weighted by Crippen LogP contribution is 2.24. The zero-order valence-electron chi connectivity index (χ0n) is 10.6. The van der Waals surface area contributed by atoms with Gasteiger partial charge in [-0.2, -0.15) is 0 Å². The summed E-state index contributed by atoms with van der Waals surface area (Å²) >= 11 is 0. The van der Waals surface area contributed by atoms with Gasteiger partial charge in [-0.15, -0.1) is 0 Å². The number of rotatable bonds is 4. The lowest BCUT2D eigenvalue weighted by molar-refractivity contribution is 0.102. The number of carbonyl (C=O) groups is 1. The van der Waals surface area contributed by atoms with Crippen LogP contribution < -0.4 is 15.8 Å². The zero-order chi connectivity index (χ0) is 13.7. The Labute approximate surface area is 111 Å². The van der Waals surface area contributed by atoms with E-state index < -0.39 is 0 Å². The molecule has 2 aromatic rings. The summed E-state index contributed by atoms with van der Waals surface area (Å²) in [4.78, 5) is 16.0. The number of nitrogen functional groups attached to an aromatic ring is 1. The quantitative estimate of drug-likeness (QED) is 0.881. The van der Waals surface area contributed by atoms with E-state index in [4.69, 9.17) is 10.5 Å². The second-order valence-corrected chi connectivity index (χ2v) is 3.86. The summed E-state index contributed by atoms with van der Waals surface area (Å²) in [7, 11) is 0. The first-order valence-electron chi connectivity index (χ1n) is 5.95. The summed E-state index contributed by atoms with van der Waals surface area (Å²) < 4.78 is 5.44. The molecule has 0 atom stereocenters. The molecule has 0 aliphatic heterocycles. The number of pyridine rings is 1. The Kier molecular flexibility index (Phi) is 3.97. The Morgan fingerprint density at radius 1 is 1.37 bits per heavy atom. The summed E-state index contributed by atoms with van der Waals surface area (Å²) in [5, 5.41) is 2.76. The molecule has 0 saturated carbocycles. The number of carbonyl (C=O) groups excluding carboxylic acids is 1. The molecule has 0 radical (unpaired) electrons. The normalized spacial score (nSPS) is 9.95. The minimum absolute atomic E-state index is 0.270. The fraction of sp³-hybridized carbons (Fsp3) is 0.143. The van der Waals surface area contributed by atoms with E-state index in [0.29, 0.717) is 23.7 Å². The van der Waals surface area contributed by atoms with Gasteiger partial charge in [0.05, 0.1) is 12.3 Å². The molecule has 0 saturated heterocycles. The van der Waals surface area contributed by atoms with Gasteiger partial charge >= 0.3 is 0 Å². The zero-order valence-corrected chi connectivity index (χ0v) is 10.6. The Morgan fingerprint density at radius 2 is 2.16 bits per heavy atom. The molecule has 5 nitrogen and oxygen atoms in total. The van der Waals surface area contributed by atoms with Crippen LogP contribution in [0.2, 0.25) is 0 Å². The number of para-hydroxylation sites is 2. The predicted molar refractivity (Wildman–Crippen MR) is 74.2 cm³/mol. The van der Waals surface area contributed by atoms with E-state index >= 15 is 0 Å². The van der Waals surface area contributed by atoms with Crippen molar-refractivity contribution in [1.29, 1.82) is 0 Å². The molecule has 0 fully saturated rings. The van der Waals surface area contributed by atoms with Crippen LogP contribution in [0.15, 0.2) is 42.6 Å². The van der Waals surface area contributed by atoms with Crippen LogP contribution in [-0.2, 0) is 0 Å². The third kappa shape index (κ3) is 3.22. The van der Waals surface area contributed by atoms with Crippen molar-refractivity contribution in [2.45, 2.75) is 6.92 Å². The summed E-state index contributed by atoms with van der Waals surface area (Å²) in [5.74, 6) is 0.307. The molecule has 5 heteroatoms. The molecular formula is C14H15N3O2. The summed E-state index contributed by atoms with van der Waals surface area (Å²) in [6.07, 6.45) is 1.50. The number of hydrogen-bond acceptors (Lipinski definition) is 4. The molecule has 1 aromatic heterocycles. The van der Waals surface area contributed by atoms with Crippen molar-refractivity contribution in [1.82, 2.24) is 4.98 Å². The predicted octanol–water partition coefficient (Wildman–Crippen LogP) is 2.31. The second-order valence-electron chi connectivity index (χ2n) is 3.86. The minimum Gasteiger partial charge on any atom is -0.492 e. The van der Waals surface area contributed by atoms with Gasteiger partial charge in [-0.25, -0.2) is 0 Å². The van der Waals surface area contributed by atoms with Gasteiger partial charge in [0.2, 0.25) is 0 Å². The maximum absolute atomic E-state index is 12.0. The first-order valence-corrected chi connectivity index (χ1v) is 5.95. The number of benzene rings is 1. The molecule has 0 aliphatic rings. The number of aromatic nitrogens is 1. The number of hydrogen-bond donors (Lipinski definition) is 2. The molecule has 1 amide bonds. The smallest absolute Gasteiger partial charge is 0.274 e. The average Bonchev–Trinajstić information content (AvgIpc) is 2.41. The van der Waals surface area contributed by atoms with Gasteiger partial charge in [0.25, 0.3) is 5.91 Å². The number of anilines is 2. The van der Waals surface area contributed by atoms with Gasteiger partial charge in [0.1, 0.15) is 11.4 Å². The Hall–Kier alpha value is -2.56. The molecule has 1 aromatic carbocycles. The maximum Gasteiger partial charge on any atom is 0.274 e. The van der Waals surface area contributed by atoms with E-state index in [1.165, 1.54) is 12.3 Å². The maximum atomic E-state index is 12.0. The molecular weight excluding hydrogens is 242 g/mol. The van der Waals surface area contributed by atoms with Crippen molar-refractivity contribution in [3.8, 4) is 5.75 Å². The van der Waals surface area contributed by atoms with Crippen molar-refractivity contribution in [3.63, 3.8) is 0 Å². The molecule has 98 valence electrons. The summed E-state index contributed by atoms with van der Waals surface area (Å²) in [6, 6.07) is 10.4. The summed E-state index contributed by atoms with van der Waals surface area (Å²) in [6.45, 7) is 2.42. The van der Waals surface area contributed by atoms with E-state index in [9.17, 15) is 4.79 Å². The van der Waals surface area contributed by atoms with E-state index in [-0.39, 0.29) is 11.6 Å². The standard InChI is InChI=1S/C14H15N3O2/c1-2-19-13-6-4-3-5-11(13)17-14(18)12-9-10(15)7-8-16-12/h3-9H,2H2,1H3,(H2,15,16)(H,17,18). The average molecular weight is 257 g/mol. The van der Waals surface area contributed by atoms with E-state index in [1.807, 2.05) is 19.1 Å². The molecule has 0 unspecified atom stereocenters. The van der Waals surface area contributed by atoms with Gasteiger partial charge in [0, 0.05) is 11.9 Å². The minimum atomic E-state index is -0.320. The topological polar surface area (TPSA) is 77.2 Å². The SMILES string of the molecule is CCOc1ccccc1NC(=O)c1cc(N)ccn1. The van der Waals surface area contributed by atoms with Crippen LogP contribution in [0.3, 0.4) is 0 Å². The van der Waals surface area contributed by atoms with Gasteiger partial charge in [-0.1, -0.05) is 12.1 Å². The molecule has 1 heterocycles. The second kappa shape index (κ2) is 5.86. The van der Waals surface area contributed by atoms with Crippen molar-refractivity contribution < 1.29 is 9.53 Å². The lowest BCUT2D eigenvalue weighted by Crippen LogP contribution is -2.14. The van der Waals surface area contributed by atoms with Gasteiger partial charge < -0.3 is 15.8 Å². The highest BCUT2D eigenvalue weighted by molar-refractivity contribution is 6.04. The van der Waals surface area contributed by atoms with Crippen LogP contribution >= 0.6 is 0 Å². The van der Waals surface area contributed by atoms with Crippen LogP contribution in [0.25, 0.3) is 0 Å². The van der Waals surface area contributed by atoms with Crippen molar-refractivity contribution in [2.24, 2.45) is 0 Å². The first-order chi connectivity index (χ1) is 9.20. The monoisotopic (exact) mass is 257 g/mol. The lowest BCUT2D eigenvalue weighted by Gasteiger charge is -2.10. The van der Waals surface area contributed by atoms with Gasteiger partial charge in [-0.3, -0.25) is 9.78 Å². The largest absolute Gasteiger partial charge is 0.492 e. The highest BCUT2D eigenvalue weighted by atomic mass is 16.5. The molecule has 0 bridgehead atoms. The van der Waals surface area contributed by atoms with Crippen molar-refractivity contribution >= 4 is 17.3 Å². The highest BCUT2D eigenvalue weighted by Gasteiger charge is 2.10. The number of ether oxygens (including phenoxy) is 1. The number of nitrogens with one attached hydrogen (secondary N) is 1. The Balaban J connectivity index is 2.19. The van der Waals surface area contributed by atoms with Gasteiger partial charge in [-0.05, 0) is 31.2 Å². The lowest BCUT2D eigenvalue weighted by atomic mass is 10.2. The van der Waals surface area contributed by atoms with Crippen LogP contribution in [0.4, 0.5) is 11.4 Å². The van der Waals surface area contributed by atoms with E-state index in [1.54, 1.807) is 18.2 Å². The fourth-order valence-electron chi connectivity index (χ4n) is 1.61. The molecule has 2 rings (SSSR count). The molecule has 0 spiro atoms. The van der Waals surface area contributed by atoms with Crippen LogP contribution in [0.5, 0.6) is 5.75 Å². The Morgan fingerprint density at radius 3 is 2.89 bits per heavy atom. The third-order valence-electron chi connectivity index (χ3n) is 2.45. The number of nitrogens with two attached hydrogens (primary N) is 1. The number of amides is 1. The van der Waals surface area contributed by atoms with Gasteiger partial charge in [0.15, 0.2) is 0 Å². The Bertz CT molecular complexity index is 584. The van der Waals surface area contributed by atoms with E-state index in [0.717, 1.165) is 0 Å². The third-order valence-corrected chi connectivity index (χ3v) is 2.45. The molecule has 19 heavy (non-hydrogen) atoms. The number of nitrogens with zero attached hydrogens (tertiary/aromatic N) is 1. The van der Waals surface area contributed by atoms with Crippen molar-refractivity contribution in [2.75, 3.05) is 17.7 Å². The fourth-order valence-corrected chi connectivity index (χ4v) is 1.61. The van der Waals surface area contributed by atoms with Crippen LogP contribution in [-0.4, -0.2) is 17.5 Å². The van der Waals surface area contributed by atoms with Crippen LogP contribution in [0, 0.1) is 0 Å². The summed E-state index contributed by atoms with van der Waals surface area (Å²) in [5.41, 5.74) is 7.00. The molecule has 3 N–H and O–H groups in total. The van der Waals surface area contributed by atoms with Crippen LogP contribution in [0.1, 0.15) is 17.4 Å².